The highest BCUT2D eigenvalue weighted by Crippen LogP contribution is 2.09. The second-order valence-electron chi connectivity index (χ2n) is 3.46. The van der Waals surface area contributed by atoms with Gasteiger partial charge in [-0.1, -0.05) is 30.3 Å². The summed E-state index contributed by atoms with van der Waals surface area (Å²) in [6.07, 6.45) is 0. The number of nitrogens with two attached hydrogens (primary N) is 1. The van der Waals surface area contributed by atoms with E-state index in [1.165, 1.54) is 6.92 Å². The predicted molar refractivity (Wildman–Crippen MR) is 58.6 cm³/mol. The molecular formula is C11H14N2O3. The summed E-state index contributed by atoms with van der Waals surface area (Å²) in [5, 5.41) is 10.9. The Labute approximate surface area is 93.3 Å². The Morgan fingerprint density at radius 2 is 1.88 bits per heavy atom. The number of carbonyl (C=O) groups is 2. The lowest BCUT2D eigenvalue weighted by Gasteiger charge is -2.14. The first-order valence-electron chi connectivity index (χ1n) is 4.86. The summed E-state index contributed by atoms with van der Waals surface area (Å²) in [5.41, 5.74) is 6.33. The molecule has 1 aromatic rings. The Balaban J connectivity index is 2.65. The van der Waals surface area contributed by atoms with E-state index in [4.69, 9.17) is 10.8 Å². The zero-order valence-corrected chi connectivity index (χ0v) is 8.88. The first-order valence-corrected chi connectivity index (χ1v) is 4.86. The fourth-order valence-corrected chi connectivity index (χ4v) is 1.18. The number of hydrogen-bond donors (Lipinski definition) is 3. The molecule has 16 heavy (non-hydrogen) atoms. The number of nitrogens with one attached hydrogen (secondary N) is 1. The van der Waals surface area contributed by atoms with Gasteiger partial charge in [0.1, 0.15) is 12.1 Å². The maximum absolute atomic E-state index is 11.6. The third-order valence-corrected chi connectivity index (χ3v) is 2.17. The second kappa shape index (κ2) is 5.27. The molecule has 0 saturated carbocycles. The van der Waals surface area contributed by atoms with E-state index in [9.17, 15) is 9.59 Å². The van der Waals surface area contributed by atoms with Crippen molar-refractivity contribution >= 4 is 11.9 Å². The topological polar surface area (TPSA) is 92.4 Å². The van der Waals surface area contributed by atoms with Gasteiger partial charge in [-0.3, -0.25) is 9.59 Å². The lowest BCUT2D eigenvalue weighted by atomic mass is 10.1. The number of carbonyl (C=O) groups excluding carboxylic acids is 1. The molecular weight excluding hydrogens is 208 g/mol. The number of hydrogen-bond acceptors (Lipinski definition) is 3. The molecule has 0 saturated heterocycles. The number of aliphatic carboxylic acids is 1. The normalized spacial score (nSPS) is 13.9. The summed E-state index contributed by atoms with van der Waals surface area (Å²) < 4.78 is 0. The molecule has 0 fully saturated rings. The van der Waals surface area contributed by atoms with Crippen LogP contribution in [0.4, 0.5) is 0 Å². The molecule has 0 aliphatic carbocycles. The van der Waals surface area contributed by atoms with Crippen molar-refractivity contribution in [3.05, 3.63) is 35.9 Å². The van der Waals surface area contributed by atoms with E-state index in [1.54, 1.807) is 24.3 Å². The van der Waals surface area contributed by atoms with E-state index in [0.29, 0.717) is 5.56 Å². The maximum atomic E-state index is 11.6. The van der Waals surface area contributed by atoms with Gasteiger partial charge in [0, 0.05) is 0 Å². The number of rotatable bonds is 4. The van der Waals surface area contributed by atoms with E-state index in [0.717, 1.165) is 0 Å². The summed E-state index contributed by atoms with van der Waals surface area (Å²) in [5.74, 6) is -1.59. The fraction of sp³-hybridized carbons (Fsp3) is 0.273. The largest absolute Gasteiger partial charge is 0.480 e. The molecule has 1 rings (SSSR count). The fourth-order valence-electron chi connectivity index (χ4n) is 1.18. The monoisotopic (exact) mass is 222 g/mol. The highest BCUT2D eigenvalue weighted by atomic mass is 16.4. The van der Waals surface area contributed by atoms with Crippen LogP contribution in [0.25, 0.3) is 0 Å². The van der Waals surface area contributed by atoms with Gasteiger partial charge in [-0.2, -0.15) is 0 Å². The quantitative estimate of drug-likeness (QED) is 0.682. The molecule has 0 aliphatic rings. The van der Waals surface area contributed by atoms with Gasteiger partial charge in [0.15, 0.2) is 0 Å². The molecule has 5 nitrogen and oxygen atoms in total. The first kappa shape index (κ1) is 12.2. The summed E-state index contributed by atoms with van der Waals surface area (Å²) in [6.45, 7) is 1.39. The van der Waals surface area contributed by atoms with Gasteiger partial charge in [-0.25, -0.2) is 0 Å². The minimum atomic E-state index is -1.09. The van der Waals surface area contributed by atoms with Crippen LogP contribution >= 0.6 is 0 Å². The Bertz CT molecular complexity index is 378. The molecule has 5 heteroatoms. The molecule has 0 unspecified atom stereocenters. The van der Waals surface area contributed by atoms with Crippen molar-refractivity contribution < 1.29 is 14.7 Å². The smallest absolute Gasteiger partial charge is 0.325 e. The Kier molecular flexibility index (Phi) is 4.02. The third kappa shape index (κ3) is 3.06. The minimum absolute atomic E-state index is 0.499. The highest BCUT2D eigenvalue weighted by Gasteiger charge is 2.20. The Hall–Kier alpha value is -1.88. The number of amides is 1. The summed E-state index contributed by atoms with van der Waals surface area (Å²) in [4.78, 5) is 22.1. The van der Waals surface area contributed by atoms with E-state index >= 15 is 0 Å². The second-order valence-corrected chi connectivity index (χ2v) is 3.46. The first-order chi connectivity index (χ1) is 7.52. The van der Waals surface area contributed by atoms with E-state index in [2.05, 4.69) is 5.32 Å². The van der Waals surface area contributed by atoms with Gasteiger partial charge < -0.3 is 16.2 Å². The molecule has 4 N–H and O–H groups in total. The summed E-state index contributed by atoms with van der Waals surface area (Å²) in [7, 11) is 0. The van der Waals surface area contributed by atoms with Gasteiger partial charge in [0.05, 0.1) is 0 Å². The molecule has 0 heterocycles. The summed E-state index contributed by atoms with van der Waals surface area (Å²) >= 11 is 0. The van der Waals surface area contributed by atoms with Crippen molar-refractivity contribution in [2.75, 3.05) is 0 Å². The molecule has 1 amide bonds. The SMILES string of the molecule is C[C@@H](NC(=O)[C@@H](N)c1ccccc1)C(=O)O. The van der Waals surface area contributed by atoms with Crippen LogP contribution in [-0.4, -0.2) is 23.0 Å². The van der Waals surface area contributed by atoms with Crippen LogP contribution in [-0.2, 0) is 9.59 Å². The molecule has 2 atom stereocenters. The van der Waals surface area contributed by atoms with Crippen LogP contribution in [0.3, 0.4) is 0 Å². The summed E-state index contributed by atoms with van der Waals surface area (Å²) in [6, 6.07) is 7.00. The predicted octanol–water partition coefficient (Wildman–Crippen LogP) is 0.276. The van der Waals surface area contributed by atoms with Crippen LogP contribution in [0.5, 0.6) is 0 Å². The zero-order valence-electron chi connectivity index (χ0n) is 8.88. The molecule has 0 spiro atoms. The maximum Gasteiger partial charge on any atom is 0.325 e. The van der Waals surface area contributed by atoms with Crippen LogP contribution in [0.15, 0.2) is 30.3 Å². The van der Waals surface area contributed by atoms with E-state index in [-0.39, 0.29) is 0 Å². The molecule has 1 aromatic carbocycles. The van der Waals surface area contributed by atoms with E-state index < -0.39 is 24.0 Å². The van der Waals surface area contributed by atoms with Gasteiger partial charge >= 0.3 is 5.97 Å². The van der Waals surface area contributed by atoms with Gasteiger partial charge in [-0.05, 0) is 12.5 Å². The molecule has 0 aromatic heterocycles. The van der Waals surface area contributed by atoms with Crippen molar-refractivity contribution in [2.45, 2.75) is 19.0 Å². The van der Waals surface area contributed by atoms with Crippen molar-refractivity contribution in [3.8, 4) is 0 Å². The van der Waals surface area contributed by atoms with Crippen LogP contribution in [0, 0.1) is 0 Å². The zero-order chi connectivity index (χ0) is 12.1. The average molecular weight is 222 g/mol. The minimum Gasteiger partial charge on any atom is -0.480 e. The molecule has 86 valence electrons. The van der Waals surface area contributed by atoms with Crippen molar-refractivity contribution in [2.24, 2.45) is 5.73 Å². The van der Waals surface area contributed by atoms with Crippen molar-refractivity contribution in [1.82, 2.24) is 5.32 Å². The van der Waals surface area contributed by atoms with Gasteiger partial charge in [0.2, 0.25) is 5.91 Å². The third-order valence-electron chi connectivity index (χ3n) is 2.17. The average Bonchev–Trinajstić information content (AvgIpc) is 2.28. The number of carboxylic acids is 1. The molecule has 0 bridgehead atoms. The van der Waals surface area contributed by atoms with Crippen LogP contribution in [0.1, 0.15) is 18.5 Å². The lowest BCUT2D eigenvalue weighted by molar-refractivity contribution is -0.141. The van der Waals surface area contributed by atoms with E-state index in [1.807, 2.05) is 6.07 Å². The van der Waals surface area contributed by atoms with Crippen molar-refractivity contribution in [1.29, 1.82) is 0 Å². The number of benzene rings is 1. The lowest BCUT2D eigenvalue weighted by Crippen LogP contribution is -2.43. The highest BCUT2D eigenvalue weighted by molar-refractivity contribution is 5.87. The standard InChI is InChI=1S/C11H14N2O3/c1-7(11(15)16)13-10(14)9(12)8-5-3-2-4-6-8/h2-7,9H,12H2,1H3,(H,13,14)(H,15,16)/t7-,9+/m1/s1. The van der Waals surface area contributed by atoms with Crippen molar-refractivity contribution in [3.63, 3.8) is 0 Å². The van der Waals surface area contributed by atoms with Crippen LogP contribution < -0.4 is 11.1 Å². The molecule has 0 aliphatic heterocycles. The Morgan fingerprint density at radius 1 is 1.31 bits per heavy atom. The van der Waals surface area contributed by atoms with Gasteiger partial charge in [0.25, 0.3) is 0 Å². The number of carboxylic acid groups (broad SMARTS) is 1. The Morgan fingerprint density at radius 3 is 2.38 bits per heavy atom. The van der Waals surface area contributed by atoms with Gasteiger partial charge in [-0.15, -0.1) is 0 Å². The molecule has 0 radical (unpaired) electrons. The van der Waals surface area contributed by atoms with Crippen LogP contribution in [0.2, 0.25) is 0 Å².